The molecule has 0 atom stereocenters. The Bertz CT molecular complexity index is 2180. The van der Waals surface area contributed by atoms with Crippen LogP contribution in [0.2, 0.25) is 0 Å². The largest absolute Gasteiger partial charge is 0.354 e. The Labute approximate surface area is 254 Å². The second-order valence-corrected chi connectivity index (χ2v) is 11.6. The lowest BCUT2D eigenvalue weighted by atomic mass is 9.89. The van der Waals surface area contributed by atoms with Crippen LogP contribution in [0.1, 0.15) is 5.56 Å². The van der Waals surface area contributed by atoms with Gasteiger partial charge in [-0.1, -0.05) is 103 Å². The lowest BCUT2D eigenvalue weighted by molar-refractivity contribution is 0.805. The van der Waals surface area contributed by atoms with Gasteiger partial charge in [0.1, 0.15) is 0 Å². The zero-order chi connectivity index (χ0) is 28.8. The van der Waals surface area contributed by atoms with Gasteiger partial charge in [0.15, 0.2) is 0 Å². The number of nitrogens with one attached hydrogen (secondary N) is 1. The molecule has 5 heteroatoms. The van der Waals surface area contributed by atoms with Crippen molar-refractivity contribution in [3.8, 4) is 11.1 Å². The standard InChI is InChI=1S/C28H18N2.C10H10N2S/c1-2-10-19(11-3-1)30-25-15-7-9-18-8-6-13-20(26(18)25)21-16-17-24-27(28(21)30)22-12-4-5-14-23(22)29-24;1-12-10(7-8-11-13-12)9-5-3-2-4-6-9/h1-17,29H;2-8H,1H3. The Hall–Kier alpha value is -5.26. The van der Waals surface area contributed by atoms with E-state index in [1.165, 1.54) is 84.2 Å². The van der Waals surface area contributed by atoms with Gasteiger partial charge < -0.3 is 9.88 Å². The third kappa shape index (κ3) is 4.28. The average molecular weight is 573 g/mol. The highest BCUT2D eigenvalue weighted by Gasteiger charge is 2.28. The van der Waals surface area contributed by atoms with Gasteiger partial charge in [0, 0.05) is 51.7 Å². The average Bonchev–Trinajstić information content (AvgIpc) is 3.46. The minimum absolute atomic E-state index is 1.17. The number of hydrogen-bond acceptors (Lipinski definition) is 4. The van der Waals surface area contributed by atoms with Crippen LogP contribution in [-0.4, -0.2) is 22.6 Å². The van der Waals surface area contributed by atoms with E-state index in [4.69, 9.17) is 0 Å². The fourth-order valence-corrected chi connectivity index (χ4v) is 6.82. The molecule has 0 bridgehead atoms. The van der Waals surface area contributed by atoms with Crippen molar-refractivity contribution in [3.05, 3.63) is 145 Å². The van der Waals surface area contributed by atoms with Crippen LogP contribution in [0.3, 0.4) is 0 Å². The molecule has 9 rings (SSSR count). The highest BCUT2D eigenvalue weighted by molar-refractivity contribution is 7.96. The molecule has 0 amide bonds. The Morgan fingerprint density at radius 1 is 0.628 bits per heavy atom. The molecule has 1 aromatic heterocycles. The molecule has 0 aliphatic carbocycles. The maximum atomic E-state index is 4.08. The van der Waals surface area contributed by atoms with Gasteiger partial charge in [0.25, 0.3) is 0 Å². The summed E-state index contributed by atoms with van der Waals surface area (Å²) in [6.07, 6.45) is 3.85. The zero-order valence-corrected chi connectivity index (χ0v) is 24.4. The highest BCUT2D eigenvalue weighted by atomic mass is 32.2. The monoisotopic (exact) mass is 572 g/mol. The number of fused-ring (bicyclic) bond motifs is 6. The molecule has 0 saturated carbocycles. The third-order valence-electron chi connectivity index (χ3n) is 8.17. The van der Waals surface area contributed by atoms with E-state index >= 15 is 0 Å². The fourth-order valence-electron chi connectivity index (χ4n) is 6.31. The predicted molar refractivity (Wildman–Crippen MR) is 185 cm³/mol. The number of benzene rings is 6. The van der Waals surface area contributed by atoms with Crippen LogP contribution in [0.5, 0.6) is 0 Å². The van der Waals surface area contributed by atoms with Crippen LogP contribution in [0, 0.1) is 0 Å². The molecule has 0 saturated heterocycles. The molecule has 0 spiro atoms. The minimum Gasteiger partial charge on any atom is -0.354 e. The summed E-state index contributed by atoms with van der Waals surface area (Å²) in [5, 5.41) is 5.13. The summed E-state index contributed by atoms with van der Waals surface area (Å²) >= 11 is 1.46. The topological polar surface area (TPSA) is 34.6 Å². The van der Waals surface area contributed by atoms with E-state index in [9.17, 15) is 0 Å². The summed E-state index contributed by atoms with van der Waals surface area (Å²) in [5.41, 5.74) is 11.0. The van der Waals surface area contributed by atoms with Crippen molar-refractivity contribution < 1.29 is 0 Å². The smallest absolute Gasteiger partial charge is 0.0927 e. The number of para-hydroxylation sites is 2. The van der Waals surface area contributed by atoms with Crippen LogP contribution in [-0.2, 0) is 0 Å². The van der Waals surface area contributed by atoms with Crippen LogP contribution in [0.4, 0.5) is 17.1 Å². The molecule has 1 N–H and O–H groups in total. The van der Waals surface area contributed by atoms with Gasteiger partial charge in [-0.25, -0.2) is 4.40 Å². The van der Waals surface area contributed by atoms with Crippen molar-refractivity contribution >= 4 is 73.7 Å². The second-order valence-electron chi connectivity index (χ2n) is 10.7. The maximum Gasteiger partial charge on any atom is 0.0927 e. The van der Waals surface area contributed by atoms with Crippen LogP contribution < -0.4 is 4.90 Å². The second kappa shape index (κ2) is 10.5. The van der Waals surface area contributed by atoms with Gasteiger partial charge >= 0.3 is 0 Å². The van der Waals surface area contributed by atoms with Gasteiger partial charge in [0.2, 0.25) is 0 Å². The van der Waals surface area contributed by atoms with E-state index in [0.29, 0.717) is 0 Å². The quantitative estimate of drug-likeness (QED) is 0.209. The van der Waals surface area contributed by atoms with Gasteiger partial charge in [-0.05, 0) is 52.9 Å². The molecule has 3 heterocycles. The van der Waals surface area contributed by atoms with Crippen molar-refractivity contribution in [2.75, 3.05) is 11.9 Å². The number of rotatable bonds is 2. The first-order chi connectivity index (χ1) is 21.3. The SMILES string of the molecule is CN1SN=CC=C1c1ccccc1.c1ccc(N2c3cccc4cccc(c34)-c3ccc4[nH]c5ccccc5c4c32)cc1. The van der Waals surface area contributed by atoms with E-state index in [2.05, 4.69) is 134 Å². The highest BCUT2D eigenvalue weighted by Crippen LogP contribution is 2.54. The molecule has 0 fully saturated rings. The minimum atomic E-state index is 1.17. The summed E-state index contributed by atoms with van der Waals surface area (Å²) < 4.78 is 6.13. The Morgan fingerprint density at radius 2 is 1.37 bits per heavy atom. The van der Waals surface area contributed by atoms with E-state index in [0.717, 1.165) is 0 Å². The first-order valence-corrected chi connectivity index (χ1v) is 15.1. The van der Waals surface area contributed by atoms with Crippen LogP contribution in [0.15, 0.2) is 144 Å². The summed E-state index contributed by atoms with van der Waals surface area (Å²) in [5.74, 6) is 0. The van der Waals surface area contributed by atoms with E-state index in [-0.39, 0.29) is 0 Å². The van der Waals surface area contributed by atoms with Crippen molar-refractivity contribution in [2.45, 2.75) is 0 Å². The molecule has 43 heavy (non-hydrogen) atoms. The summed E-state index contributed by atoms with van der Waals surface area (Å²) in [6.45, 7) is 0. The fraction of sp³-hybridized carbons (Fsp3) is 0.0263. The number of allylic oxidation sites excluding steroid dienone is 1. The molecule has 2 aliphatic heterocycles. The number of anilines is 3. The number of H-pyrrole nitrogens is 1. The lowest BCUT2D eigenvalue weighted by Crippen LogP contribution is -2.15. The predicted octanol–water partition coefficient (Wildman–Crippen LogP) is 10.5. The first-order valence-electron chi connectivity index (χ1n) is 14.4. The number of hydrogen-bond donors (Lipinski definition) is 1. The van der Waals surface area contributed by atoms with E-state index < -0.39 is 0 Å². The van der Waals surface area contributed by atoms with Crippen LogP contribution >= 0.6 is 12.1 Å². The molecule has 4 nitrogen and oxygen atoms in total. The Morgan fingerprint density at radius 3 is 2.19 bits per heavy atom. The molecular formula is C38H28N4S. The van der Waals surface area contributed by atoms with Crippen molar-refractivity contribution in [1.82, 2.24) is 9.29 Å². The normalized spacial score (nSPS) is 13.6. The summed E-state index contributed by atoms with van der Waals surface area (Å²) in [6, 6.07) is 47.4. The number of aromatic amines is 1. The van der Waals surface area contributed by atoms with Crippen molar-refractivity contribution in [1.29, 1.82) is 0 Å². The van der Waals surface area contributed by atoms with E-state index in [1.54, 1.807) is 0 Å². The Kier molecular flexibility index (Phi) is 6.24. The van der Waals surface area contributed by atoms with Gasteiger partial charge in [-0.15, -0.1) is 0 Å². The maximum absolute atomic E-state index is 4.08. The van der Waals surface area contributed by atoms with Gasteiger partial charge in [0.05, 0.1) is 29.2 Å². The van der Waals surface area contributed by atoms with Crippen molar-refractivity contribution in [3.63, 3.8) is 0 Å². The van der Waals surface area contributed by atoms with Crippen molar-refractivity contribution in [2.24, 2.45) is 4.40 Å². The van der Waals surface area contributed by atoms with Gasteiger partial charge in [-0.2, -0.15) is 0 Å². The molecule has 6 aromatic carbocycles. The Balaban J connectivity index is 0.000000180. The molecular weight excluding hydrogens is 545 g/mol. The molecule has 0 unspecified atom stereocenters. The zero-order valence-electron chi connectivity index (χ0n) is 23.6. The van der Waals surface area contributed by atoms with E-state index in [1.807, 2.05) is 37.5 Å². The third-order valence-corrected chi connectivity index (χ3v) is 8.82. The first kappa shape index (κ1) is 25.5. The summed E-state index contributed by atoms with van der Waals surface area (Å²) in [4.78, 5) is 6.06. The molecule has 206 valence electrons. The molecule has 2 aliphatic rings. The molecule has 7 aromatic rings. The molecule has 0 radical (unpaired) electrons. The van der Waals surface area contributed by atoms with Gasteiger partial charge in [-0.3, -0.25) is 4.31 Å². The lowest BCUT2D eigenvalue weighted by Gasteiger charge is -2.34. The number of nitrogens with zero attached hydrogens (tertiary/aromatic N) is 3. The summed E-state index contributed by atoms with van der Waals surface area (Å²) in [7, 11) is 2.01. The van der Waals surface area contributed by atoms with Crippen LogP contribution in [0.25, 0.3) is 49.4 Å². The number of aromatic nitrogens is 1.